The molecule has 2 atom stereocenters. The molecule has 2 fully saturated rings. The minimum atomic E-state index is 0.349. The third-order valence-corrected chi connectivity index (χ3v) is 3.69. The largest absolute Gasteiger partial charge is 0.313 e. The summed E-state index contributed by atoms with van der Waals surface area (Å²) in [4.78, 5) is 11.8. The second kappa shape index (κ2) is 4.92. The molecule has 14 heavy (non-hydrogen) atoms. The van der Waals surface area contributed by atoms with Crippen LogP contribution in [0.15, 0.2) is 0 Å². The molecule has 80 valence electrons. The van der Waals surface area contributed by atoms with Crippen molar-refractivity contribution in [1.29, 1.82) is 0 Å². The number of ketones is 1. The van der Waals surface area contributed by atoms with Crippen molar-refractivity contribution in [2.45, 2.75) is 57.4 Å². The van der Waals surface area contributed by atoms with E-state index in [1.165, 1.54) is 32.1 Å². The number of nitrogens with one attached hydrogen (secondary N) is 1. The van der Waals surface area contributed by atoms with E-state index in [1.807, 2.05) is 0 Å². The highest BCUT2D eigenvalue weighted by Gasteiger charge is 2.29. The van der Waals surface area contributed by atoms with Crippen molar-refractivity contribution in [1.82, 2.24) is 5.32 Å². The lowest BCUT2D eigenvalue weighted by Crippen LogP contribution is -2.40. The van der Waals surface area contributed by atoms with Crippen LogP contribution in [-0.2, 0) is 4.79 Å². The summed E-state index contributed by atoms with van der Waals surface area (Å²) in [7, 11) is 0. The molecule has 0 aromatic heterocycles. The van der Waals surface area contributed by atoms with Crippen LogP contribution in [0.1, 0.15) is 51.4 Å². The molecule has 1 heterocycles. The predicted octanol–water partition coefficient (Wildman–Crippen LogP) is 2.28. The molecule has 0 aromatic rings. The van der Waals surface area contributed by atoms with Crippen LogP contribution in [0, 0.1) is 5.92 Å². The van der Waals surface area contributed by atoms with Gasteiger partial charge in [0.15, 0.2) is 0 Å². The first-order valence-corrected chi connectivity index (χ1v) is 6.14. The van der Waals surface area contributed by atoms with Crippen molar-refractivity contribution >= 4 is 5.78 Å². The topological polar surface area (TPSA) is 29.1 Å². The van der Waals surface area contributed by atoms with Crippen LogP contribution in [0.5, 0.6) is 0 Å². The SMILES string of the molecule is O=C1CCCC[C@@H]1[C@H]1CCCCCN1. The first-order chi connectivity index (χ1) is 6.88. The van der Waals surface area contributed by atoms with Crippen LogP contribution in [0.4, 0.5) is 0 Å². The highest BCUT2D eigenvalue weighted by molar-refractivity contribution is 5.82. The van der Waals surface area contributed by atoms with Gasteiger partial charge in [0.25, 0.3) is 0 Å². The lowest BCUT2D eigenvalue weighted by molar-refractivity contribution is -0.125. The lowest BCUT2D eigenvalue weighted by atomic mass is 9.81. The zero-order valence-electron chi connectivity index (χ0n) is 8.93. The van der Waals surface area contributed by atoms with E-state index in [9.17, 15) is 4.79 Å². The van der Waals surface area contributed by atoms with Crippen molar-refractivity contribution in [3.63, 3.8) is 0 Å². The fraction of sp³-hybridized carbons (Fsp3) is 0.917. The summed E-state index contributed by atoms with van der Waals surface area (Å²) in [5, 5.41) is 3.56. The molecule has 2 rings (SSSR count). The summed E-state index contributed by atoms with van der Waals surface area (Å²) in [5.74, 6) is 0.873. The van der Waals surface area contributed by atoms with Gasteiger partial charge in [0, 0.05) is 18.4 Å². The van der Waals surface area contributed by atoms with E-state index >= 15 is 0 Å². The van der Waals surface area contributed by atoms with E-state index in [-0.39, 0.29) is 0 Å². The van der Waals surface area contributed by atoms with Crippen LogP contribution in [0.3, 0.4) is 0 Å². The standard InChI is InChI=1S/C12H21NO/c14-12-8-4-3-6-10(12)11-7-2-1-5-9-13-11/h10-11,13H,1-9H2/t10-,11-/m1/s1. The quantitative estimate of drug-likeness (QED) is 0.695. The number of hydrogen-bond acceptors (Lipinski definition) is 2. The second-order valence-electron chi connectivity index (χ2n) is 4.73. The maximum atomic E-state index is 11.8. The number of Topliss-reactive ketones (excluding diaryl/α,β-unsaturated/α-hetero) is 1. The lowest BCUT2D eigenvalue weighted by Gasteiger charge is -2.28. The highest BCUT2D eigenvalue weighted by Crippen LogP contribution is 2.27. The van der Waals surface area contributed by atoms with E-state index in [2.05, 4.69) is 5.32 Å². The van der Waals surface area contributed by atoms with Crippen LogP contribution < -0.4 is 5.32 Å². The predicted molar refractivity (Wildman–Crippen MR) is 57.2 cm³/mol. The molecule has 0 spiro atoms. The Balaban J connectivity index is 1.93. The molecule has 1 aliphatic carbocycles. The normalized spacial score (nSPS) is 35.3. The monoisotopic (exact) mass is 195 g/mol. The molecule has 1 aliphatic heterocycles. The van der Waals surface area contributed by atoms with Gasteiger partial charge in [-0.15, -0.1) is 0 Å². The Hall–Kier alpha value is -0.370. The summed E-state index contributed by atoms with van der Waals surface area (Å²) < 4.78 is 0. The van der Waals surface area contributed by atoms with E-state index in [1.54, 1.807) is 0 Å². The zero-order valence-corrected chi connectivity index (χ0v) is 8.93. The van der Waals surface area contributed by atoms with Gasteiger partial charge in [-0.1, -0.05) is 19.3 Å². The molecule has 0 unspecified atom stereocenters. The second-order valence-corrected chi connectivity index (χ2v) is 4.73. The third-order valence-electron chi connectivity index (χ3n) is 3.69. The highest BCUT2D eigenvalue weighted by atomic mass is 16.1. The molecule has 2 heteroatoms. The van der Waals surface area contributed by atoms with Gasteiger partial charge < -0.3 is 5.32 Å². The number of rotatable bonds is 1. The van der Waals surface area contributed by atoms with Crippen molar-refractivity contribution in [2.75, 3.05) is 6.54 Å². The molecular weight excluding hydrogens is 174 g/mol. The van der Waals surface area contributed by atoms with Crippen LogP contribution in [0.2, 0.25) is 0 Å². The summed E-state index contributed by atoms with van der Waals surface area (Å²) in [6, 6.07) is 0.505. The van der Waals surface area contributed by atoms with E-state index in [0.717, 1.165) is 25.8 Å². The molecule has 2 nitrogen and oxygen atoms in total. The van der Waals surface area contributed by atoms with Crippen LogP contribution in [0.25, 0.3) is 0 Å². The summed E-state index contributed by atoms with van der Waals surface area (Å²) in [5.41, 5.74) is 0. The number of carbonyl (C=O) groups is 1. The van der Waals surface area contributed by atoms with Crippen LogP contribution in [-0.4, -0.2) is 18.4 Å². The van der Waals surface area contributed by atoms with E-state index < -0.39 is 0 Å². The zero-order chi connectivity index (χ0) is 9.80. The minimum absolute atomic E-state index is 0.349. The Labute approximate surface area is 86.5 Å². The van der Waals surface area contributed by atoms with Crippen molar-refractivity contribution in [3.8, 4) is 0 Å². The first kappa shape index (κ1) is 10.2. The van der Waals surface area contributed by atoms with Crippen molar-refractivity contribution < 1.29 is 4.79 Å². The van der Waals surface area contributed by atoms with Crippen molar-refractivity contribution in [3.05, 3.63) is 0 Å². The van der Waals surface area contributed by atoms with Gasteiger partial charge in [-0.3, -0.25) is 4.79 Å². The van der Waals surface area contributed by atoms with Gasteiger partial charge in [-0.25, -0.2) is 0 Å². The van der Waals surface area contributed by atoms with E-state index in [0.29, 0.717) is 17.7 Å². The Bertz CT molecular complexity index is 194. The van der Waals surface area contributed by atoms with Gasteiger partial charge in [0.1, 0.15) is 5.78 Å². The van der Waals surface area contributed by atoms with E-state index in [4.69, 9.17) is 0 Å². The number of hydrogen-bond donors (Lipinski definition) is 1. The average Bonchev–Trinajstić information content (AvgIpc) is 2.47. The maximum absolute atomic E-state index is 11.8. The molecule has 0 bridgehead atoms. The Morgan fingerprint density at radius 2 is 1.86 bits per heavy atom. The molecule has 0 aromatic carbocycles. The Morgan fingerprint density at radius 3 is 2.71 bits per heavy atom. The third kappa shape index (κ3) is 2.35. The molecule has 0 amide bonds. The average molecular weight is 195 g/mol. The van der Waals surface area contributed by atoms with Gasteiger partial charge in [0.05, 0.1) is 0 Å². The molecule has 1 N–H and O–H groups in total. The van der Waals surface area contributed by atoms with Crippen molar-refractivity contribution in [2.24, 2.45) is 5.92 Å². The minimum Gasteiger partial charge on any atom is -0.313 e. The summed E-state index contributed by atoms with van der Waals surface area (Å²) >= 11 is 0. The first-order valence-electron chi connectivity index (χ1n) is 6.14. The Kier molecular flexibility index (Phi) is 3.57. The molecule has 2 aliphatic rings. The molecule has 0 radical (unpaired) electrons. The molecular formula is C12H21NO. The summed E-state index contributed by atoms with van der Waals surface area (Å²) in [6.45, 7) is 1.12. The molecule has 1 saturated carbocycles. The van der Waals surface area contributed by atoms with Gasteiger partial charge in [0.2, 0.25) is 0 Å². The van der Waals surface area contributed by atoms with Crippen LogP contribution >= 0.6 is 0 Å². The fourth-order valence-corrected chi connectivity index (χ4v) is 2.83. The molecule has 1 saturated heterocycles. The Morgan fingerprint density at radius 1 is 1.00 bits per heavy atom. The van der Waals surface area contributed by atoms with Gasteiger partial charge in [-0.05, 0) is 32.2 Å². The fourth-order valence-electron chi connectivity index (χ4n) is 2.83. The number of carbonyl (C=O) groups excluding carboxylic acids is 1. The maximum Gasteiger partial charge on any atom is 0.137 e. The smallest absolute Gasteiger partial charge is 0.137 e. The summed E-state index contributed by atoms with van der Waals surface area (Å²) in [6.07, 6.45) is 9.51. The van der Waals surface area contributed by atoms with Gasteiger partial charge >= 0.3 is 0 Å². The van der Waals surface area contributed by atoms with Gasteiger partial charge in [-0.2, -0.15) is 0 Å².